The lowest BCUT2D eigenvalue weighted by molar-refractivity contribution is -0.135. The zero-order valence-electron chi connectivity index (χ0n) is 18.8. The highest BCUT2D eigenvalue weighted by atomic mass is 16.5. The number of anilines is 1. The van der Waals surface area contributed by atoms with Crippen LogP contribution in [0.4, 0.5) is 5.69 Å². The minimum Gasteiger partial charge on any atom is -0.494 e. The average molecular weight is 446 g/mol. The molecule has 1 N–H and O–H groups in total. The molecule has 0 fully saturated rings. The molecular formula is C27H27NO5. The van der Waals surface area contributed by atoms with E-state index in [4.69, 9.17) is 9.47 Å². The molecule has 1 aliphatic rings. The number of Topliss-reactive ketones (excluding diaryl/α,β-unsaturated/α-hetero) is 1. The molecule has 0 aliphatic carbocycles. The van der Waals surface area contributed by atoms with Crippen molar-refractivity contribution in [2.75, 3.05) is 24.7 Å². The topological polar surface area (TPSA) is 76.1 Å². The van der Waals surface area contributed by atoms with Gasteiger partial charge in [0.2, 0.25) is 0 Å². The lowest BCUT2D eigenvalue weighted by atomic mass is 9.88. The highest BCUT2D eigenvalue weighted by Gasteiger charge is 2.50. The monoisotopic (exact) mass is 445 g/mol. The van der Waals surface area contributed by atoms with Crippen LogP contribution >= 0.6 is 0 Å². The highest BCUT2D eigenvalue weighted by Crippen LogP contribution is 2.42. The number of fused-ring (bicyclic) bond motifs is 1. The number of aliphatic hydroxyl groups is 1. The van der Waals surface area contributed by atoms with Crippen molar-refractivity contribution in [2.24, 2.45) is 0 Å². The van der Waals surface area contributed by atoms with Gasteiger partial charge in [0.25, 0.3) is 5.91 Å². The van der Waals surface area contributed by atoms with Gasteiger partial charge >= 0.3 is 0 Å². The fourth-order valence-electron chi connectivity index (χ4n) is 4.03. The molecule has 3 aromatic carbocycles. The van der Waals surface area contributed by atoms with E-state index in [9.17, 15) is 14.7 Å². The highest BCUT2D eigenvalue weighted by molar-refractivity contribution is 6.10. The first-order chi connectivity index (χ1) is 15.9. The van der Waals surface area contributed by atoms with Crippen molar-refractivity contribution < 1.29 is 24.2 Å². The van der Waals surface area contributed by atoms with Crippen LogP contribution in [-0.2, 0) is 10.4 Å². The van der Waals surface area contributed by atoms with E-state index < -0.39 is 11.5 Å². The Morgan fingerprint density at radius 1 is 0.939 bits per heavy atom. The van der Waals surface area contributed by atoms with E-state index in [1.54, 1.807) is 48.5 Å². The first kappa shape index (κ1) is 22.6. The number of ether oxygens (including phenoxy) is 2. The van der Waals surface area contributed by atoms with E-state index in [-0.39, 0.29) is 25.4 Å². The van der Waals surface area contributed by atoms with E-state index in [0.717, 1.165) is 5.56 Å². The van der Waals surface area contributed by atoms with Crippen molar-refractivity contribution in [3.05, 3.63) is 89.5 Å². The second-order valence-electron chi connectivity index (χ2n) is 8.05. The average Bonchev–Trinajstić information content (AvgIpc) is 3.03. The zero-order valence-corrected chi connectivity index (χ0v) is 18.8. The standard InChI is InChI=1S/C27H27NO5/c1-3-32-21-14-10-20(11-15-21)25(29)18-27(31)23-6-4-5-7-24(23)28(26(27)30)16-17-33-22-12-8-19(2)9-13-22/h4-15,31H,3,16-18H2,1-2H3. The Morgan fingerprint density at radius 2 is 1.58 bits per heavy atom. The molecule has 0 aromatic heterocycles. The van der Waals surface area contributed by atoms with Crippen LogP contribution in [0.1, 0.15) is 34.8 Å². The summed E-state index contributed by atoms with van der Waals surface area (Å²) in [5, 5.41) is 11.4. The van der Waals surface area contributed by atoms with Gasteiger partial charge in [0.05, 0.1) is 25.3 Å². The number of carbonyl (C=O) groups is 2. The maximum absolute atomic E-state index is 13.3. The summed E-state index contributed by atoms with van der Waals surface area (Å²) in [6.45, 7) is 4.92. The van der Waals surface area contributed by atoms with Crippen LogP contribution in [0, 0.1) is 6.92 Å². The van der Waals surface area contributed by atoms with Gasteiger partial charge in [-0.1, -0.05) is 35.9 Å². The normalized spacial score (nSPS) is 17.1. The number of amides is 1. The summed E-state index contributed by atoms with van der Waals surface area (Å²) >= 11 is 0. The van der Waals surface area contributed by atoms with Gasteiger partial charge < -0.3 is 19.5 Å². The quantitative estimate of drug-likeness (QED) is 0.498. The predicted octanol–water partition coefficient (Wildman–Crippen LogP) is 4.28. The minimum absolute atomic E-state index is 0.253. The minimum atomic E-state index is -1.92. The lowest BCUT2D eigenvalue weighted by Crippen LogP contribution is -2.43. The predicted molar refractivity (Wildman–Crippen MR) is 126 cm³/mol. The number of aryl methyl sites for hydroxylation is 1. The summed E-state index contributed by atoms with van der Waals surface area (Å²) in [6, 6.07) is 21.4. The molecule has 6 heteroatoms. The number of hydrogen-bond acceptors (Lipinski definition) is 5. The van der Waals surface area contributed by atoms with Gasteiger partial charge in [-0.25, -0.2) is 0 Å². The van der Waals surface area contributed by atoms with E-state index >= 15 is 0 Å². The molecule has 3 aromatic rings. The van der Waals surface area contributed by atoms with Crippen molar-refractivity contribution in [1.29, 1.82) is 0 Å². The van der Waals surface area contributed by atoms with E-state index in [1.807, 2.05) is 38.1 Å². The molecule has 4 rings (SSSR count). The third kappa shape index (κ3) is 4.61. The Kier molecular flexibility index (Phi) is 6.47. The van der Waals surface area contributed by atoms with Gasteiger partial charge in [-0.3, -0.25) is 9.59 Å². The van der Waals surface area contributed by atoms with Crippen molar-refractivity contribution in [2.45, 2.75) is 25.9 Å². The summed E-state index contributed by atoms with van der Waals surface area (Å²) in [6.07, 6.45) is -0.341. The summed E-state index contributed by atoms with van der Waals surface area (Å²) < 4.78 is 11.2. The number of carbonyl (C=O) groups excluding carboxylic acids is 2. The molecule has 33 heavy (non-hydrogen) atoms. The van der Waals surface area contributed by atoms with Crippen molar-refractivity contribution >= 4 is 17.4 Å². The van der Waals surface area contributed by atoms with Crippen LogP contribution in [-0.4, -0.2) is 36.6 Å². The van der Waals surface area contributed by atoms with Crippen LogP contribution in [0.3, 0.4) is 0 Å². The van der Waals surface area contributed by atoms with E-state index in [2.05, 4.69) is 0 Å². The summed E-state index contributed by atoms with van der Waals surface area (Å²) in [4.78, 5) is 27.8. The number of hydrogen-bond donors (Lipinski definition) is 1. The summed E-state index contributed by atoms with van der Waals surface area (Å²) in [5.74, 6) is 0.535. The Morgan fingerprint density at radius 3 is 2.27 bits per heavy atom. The molecule has 1 unspecified atom stereocenters. The first-order valence-corrected chi connectivity index (χ1v) is 11.0. The van der Waals surface area contributed by atoms with Crippen LogP contribution < -0.4 is 14.4 Å². The molecule has 0 spiro atoms. The maximum Gasteiger partial charge on any atom is 0.264 e. The smallest absolute Gasteiger partial charge is 0.264 e. The number of rotatable bonds is 9. The molecule has 1 amide bonds. The maximum atomic E-state index is 13.3. The molecule has 6 nitrogen and oxygen atoms in total. The summed E-state index contributed by atoms with van der Waals surface area (Å²) in [5.41, 5.74) is 0.657. The second-order valence-corrected chi connectivity index (χ2v) is 8.05. The van der Waals surface area contributed by atoms with Gasteiger partial charge in [-0.15, -0.1) is 0 Å². The number of nitrogens with zero attached hydrogens (tertiary/aromatic N) is 1. The Bertz CT molecular complexity index is 1140. The van der Waals surface area contributed by atoms with Crippen molar-refractivity contribution in [3.63, 3.8) is 0 Å². The molecule has 0 bridgehead atoms. The van der Waals surface area contributed by atoms with Gasteiger partial charge in [0.15, 0.2) is 11.4 Å². The van der Waals surface area contributed by atoms with Crippen LogP contribution in [0.15, 0.2) is 72.8 Å². The van der Waals surface area contributed by atoms with Gasteiger partial charge in [0, 0.05) is 11.1 Å². The van der Waals surface area contributed by atoms with Gasteiger partial charge in [0.1, 0.15) is 18.1 Å². The largest absolute Gasteiger partial charge is 0.494 e. The third-order valence-electron chi connectivity index (χ3n) is 5.75. The molecule has 170 valence electrons. The fourth-order valence-corrected chi connectivity index (χ4v) is 4.03. The Hall–Kier alpha value is -3.64. The fraction of sp³-hybridized carbons (Fsp3) is 0.259. The third-order valence-corrected chi connectivity index (χ3v) is 5.75. The van der Waals surface area contributed by atoms with Crippen molar-refractivity contribution in [1.82, 2.24) is 0 Å². The van der Waals surface area contributed by atoms with Gasteiger partial charge in [-0.2, -0.15) is 0 Å². The zero-order chi connectivity index (χ0) is 23.4. The van der Waals surface area contributed by atoms with Crippen LogP contribution in [0.25, 0.3) is 0 Å². The Labute approximate surface area is 193 Å². The van der Waals surface area contributed by atoms with Crippen LogP contribution in [0.5, 0.6) is 11.5 Å². The molecule has 1 aliphatic heterocycles. The van der Waals surface area contributed by atoms with E-state index in [1.165, 1.54) is 4.90 Å². The SMILES string of the molecule is CCOc1ccc(C(=O)CC2(O)C(=O)N(CCOc3ccc(C)cc3)c3ccccc32)cc1. The number of benzene rings is 3. The molecular weight excluding hydrogens is 418 g/mol. The van der Waals surface area contributed by atoms with E-state index in [0.29, 0.717) is 34.9 Å². The first-order valence-electron chi connectivity index (χ1n) is 11.0. The second kappa shape index (κ2) is 9.46. The Balaban J connectivity index is 1.50. The van der Waals surface area contributed by atoms with Crippen molar-refractivity contribution in [3.8, 4) is 11.5 Å². The molecule has 0 saturated heterocycles. The molecule has 0 saturated carbocycles. The van der Waals surface area contributed by atoms with Gasteiger partial charge in [-0.05, 0) is 56.3 Å². The molecule has 1 heterocycles. The molecule has 0 radical (unpaired) electrons. The summed E-state index contributed by atoms with van der Waals surface area (Å²) in [7, 11) is 0. The lowest BCUT2D eigenvalue weighted by Gasteiger charge is -2.23. The number of ketones is 1. The number of para-hydroxylation sites is 1. The molecule has 1 atom stereocenters. The van der Waals surface area contributed by atoms with Crippen LogP contribution in [0.2, 0.25) is 0 Å².